The van der Waals surface area contributed by atoms with Gasteiger partial charge in [-0.25, -0.2) is 0 Å². The third kappa shape index (κ3) is 5.14. The quantitative estimate of drug-likeness (QED) is 0.317. The minimum Gasteiger partial charge on any atom is -0.457 e. The van der Waals surface area contributed by atoms with Crippen LogP contribution in [0.25, 0.3) is 0 Å². The number of carbonyl (C=O) groups excluding carboxylic acids is 1. The van der Waals surface area contributed by atoms with Crippen molar-refractivity contribution in [1.29, 1.82) is 0 Å². The van der Waals surface area contributed by atoms with Crippen LogP contribution in [-0.4, -0.2) is 102 Å². The van der Waals surface area contributed by atoms with E-state index in [1.165, 1.54) is 58.5 Å². The second-order valence-electron chi connectivity index (χ2n) is 19.6. The number of carbonyl (C=O) groups is 1. The monoisotopic (exact) mass is 673 g/mol. The number of fused-ring (bicyclic) bond motifs is 4. The van der Waals surface area contributed by atoms with Crippen molar-refractivity contribution in [1.82, 2.24) is 9.80 Å². The number of hydrogen-bond acceptors (Lipinski definition) is 8. The van der Waals surface area contributed by atoms with Gasteiger partial charge >= 0.3 is 5.97 Å². The number of hydrogen-bond donors (Lipinski definition) is 1. The van der Waals surface area contributed by atoms with E-state index in [0.29, 0.717) is 40.2 Å². The fourth-order valence-electron chi connectivity index (χ4n) is 13.9. The lowest BCUT2D eigenvalue weighted by Gasteiger charge is -2.60. The first-order valence-electron chi connectivity index (χ1n) is 19.9. The van der Waals surface area contributed by atoms with Gasteiger partial charge in [0, 0.05) is 46.6 Å². The summed E-state index contributed by atoms with van der Waals surface area (Å²) >= 11 is 0. The van der Waals surface area contributed by atoms with Gasteiger partial charge in [-0.15, -0.1) is 0 Å². The highest BCUT2D eigenvalue weighted by atomic mass is 16.7. The summed E-state index contributed by atoms with van der Waals surface area (Å²) in [7, 11) is 0. The van der Waals surface area contributed by atoms with Crippen LogP contribution in [-0.2, 0) is 23.7 Å². The summed E-state index contributed by atoms with van der Waals surface area (Å²) < 4.78 is 25.9. The van der Waals surface area contributed by atoms with Gasteiger partial charge < -0.3 is 24.1 Å². The first-order valence-corrected chi connectivity index (χ1v) is 19.9. The number of nitrogens with zero attached hydrogens (tertiary/aromatic N) is 2. The molecular formula is C40H68N2O6. The summed E-state index contributed by atoms with van der Waals surface area (Å²) in [6.07, 6.45) is 11.8. The first-order chi connectivity index (χ1) is 22.6. The largest absolute Gasteiger partial charge is 0.457 e. The molecular weight excluding hydrogens is 604 g/mol. The summed E-state index contributed by atoms with van der Waals surface area (Å²) in [5.74, 6) is 2.42. The lowest BCUT2D eigenvalue weighted by molar-refractivity contribution is -0.250. The zero-order valence-electron chi connectivity index (χ0n) is 31.3. The van der Waals surface area contributed by atoms with Crippen LogP contribution in [0.15, 0.2) is 0 Å². The molecule has 274 valence electrons. The molecule has 0 aromatic heterocycles. The Bertz CT molecular complexity index is 1250. The van der Waals surface area contributed by atoms with Crippen molar-refractivity contribution in [2.45, 2.75) is 168 Å². The van der Waals surface area contributed by atoms with Gasteiger partial charge in [0.25, 0.3) is 0 Å². The normalized spacial score (nSPS) is 48.0. The maximum atomic E-state index is 12.0. The summed E-state index contributed by atoms with van der Waals surface area (Å²) in [5.41, 5.74) is 0.302. The van der Waals surface area contributed by atoms with Crippen molar-refractivity contribution in [3.63, 3.8) is 0 Å². The fraction of sp³-hybridized carbons (Fsp3) is 0.975. The van der Waals surface area contributed by atoms with Crippen LogP contribution in [0.2, 0.25) is 0 Å². The summed E-state index contributed by atoms with van der Waals surface area (Å²) in [4.78, 5) is 17.2. The average molecular weight is 673 g/mol. The Kier molecular flexibility index (Phi) is 8.31. The van der Waals surface area contributed by atoms with Crippen molar-refractivity contribution < 1.29 is 30.3 Å². The van der Waals surface area contributed by atoms with Gasteiger partial charge in [-0.1, -0.05) is 20.8 Å². The van der Waals surface area contributed by atoms with E-state index in [1.54, 1.807) is 13.8 Å². The van der Waals surface area contributed by atoms with Crippen LogP contribution < -0.4 is 0 Å². The highest BCUT2D eigenvalue weighted by Crippen LogP contribution is 2.87. The van der Waals surface area contributed by atoms with Crippen molar-refractivity contribution >= 4 is 5.97 Å². The van der Waals surface area contributed by atoms with Gasteiger partial charge in [-0.05, 0) is 137 Å². The van der Waals surface area contributed by atoms with Crippen LogP contribution in [0.1, 0.15) is 121 Å². The molecule has 0 bridgehead atoms. The van der Waals surface area contributed by atoms with E-state index in [0.717, 1.165) is 57.2 Å². The molecule has 0 amide bonds. The molecule has 1 N–H and O–H groups in total. The van der Waals surface area contributed by atoms with Crippen LogP contribution in [0.4, 0.5) is 0 Å². The van der Waals surface area contributed by atoms with Crippen LogP contribution in [0, 0.1) is 45.3 Å². The summed E-state index contributed by atoms with van der Waals surface area (Å²) in [6, 6.07) is 1.28. The molecule has 8 nitrogen and oxygen atoms in total. The van der Waals surface area contributed by atoms with Gasteiger partial charge in [0.05, 0.1) is 30.5 Å². The lowest BCUT2D eigenvalue weighted by Crippen LogP contribution is -2.64. The molecule has 0 aromatic carbocycles. The van der Waals surface area contributed by atoms with E-state index in [1.807, 2.05) is 0 Å². The number of rotatable bonds is 7. The van der Waals surface area contributed by atoms with E-state index in [4.69, 9.17) is 18.9 Å². The van der Waals surface area contributed by atoms with Gasteiger partial charge in [0.2, 0.25) is 0 Å². The highest BCUT2D eigenvalue weighted by molar-refractivity contribution is 5.66. The maximum Gasteiger partial charge on any atom is 0.303 e. The molecule has 0 radical (unpaired) electrons. The van der Waals surface area contributed by atoms with Crippen LogP contribution in [0.5, 0.6) is 0 Å². The van der Waals surface area contributed by atoms with Crippen molar-refractivity contribution in [2.75, 3.05) is 32.8 Å². The lowest BCUT2D eigenvalue weighted by atomic mass is 9.46. The number of esters is 1. The van der Waals surface area contributed by atoms with Gasteiger partial charge in [0.15, 0.2) is 12.4 Å². The van der Waals surface area contributed by atoms with Gasteiger partial charge in [-0.2, -0.15) is 0 Å². The molecule has 12 atom stereocenters. The van der Waals surface area contributed by atoms with E-state index in [9.17, 15) is 9.90 Å². The standard InChI is InChI=1S/C40H66N2O6.H2/c1-24(2)42-20-26(21-42)41-17-18-45-34(22-41)48-33-13-14-40-23-39(40)16-15-38(8)28-9-11-30(35(37(6,7)44)46-25(3)43)47-31(28)19-29(38)27(39)10-12-32(40)36(33,4)5;/h24,26-35,44H,9-23H2,1-8H3;1H/t27?,28?,29?,30?,31?,32?,33?,34?,35?,38?,39-,40?;/m0./s1. The maximum absolute atomic E-state index is 12.0. The molecule has 11 unspecified atom stereocenters. The Hall–Kier alpha value is -0.770. The second-order valence-corrected chi connectivity index (χ2v) is 19.6. The third-order valence-electron chi connectivity index (χ3n) is 16.4. The number of morpholine rings is 1. The van der Waals surface area contributed by atoms with E-state index >= 15 is 0 Å². The number of aliphatic hydroxyl groups is 1. The number of likely N-dealkylation sites (tertiary alicyclic amines) is 1. The van der Waals surface area contributed by atoms with Gasteiger partial charge in [-0.3, -0.25) is 14.6 Å². The molecule has 5 saturated carbocycles. The van der Waals surface area contributed by atoms with E-state index < -0.39 is 11.7 Å². The number of ether oxygens (including phenoxy) is 4. The van der Waals surface area contributed by atoms with E-state index in [2.05, 4.69) is 44.4 Å². The molecule has 3 aliphatic heterocycles. The molecule has 3 heterocycles. The van der Waals surface area contributed by atoms with Crippen molar-refractivity contribution in [2.24, 2.45) is 45.3 Å². The molecule has 8 heteroatoms. The van der Waals surface area contributed by atoms with E-state index in [-0.39, 0.29) is 37.4 Å². The fourth-order valence-corrected chi connectivity index (χ4v) is 13.9. The SMILES string of the molecule is CC(=O)OC(C1CCC2C(CC3C4CCC5C(C)(C)C(OC6CN(C7CN(C(C)C)C7)CCO6)CCC56C[C@@]46CCC23C)O1)C(C)(C)O.[HH]. The second kappa shape index (κ2) is 11.6. The predicted octanol–water partition coefficient (Wildman–Crippen LogP) is 6.28. The third-order valence-corrected chi connectivity index (χ3v) is 16.4. The molecule has 2 spiro atoms. The molecule has 3 saturated heterocycles. The Labute approximate surface area is 291 Å². The van der Waals surface area contributed by atoms with Crippen molar-refractivity contribution in [3.05, 3.63) is 0 Å². The topological polar surface area (TPSA) is 80.7 Å². The zero-order chi connectivity index (χ0) is 34.0. The molecule has 8 rings (SSSR count). The Balaban J connectivity index is 0.00000378. The first kappa shape index (κ1) is 34.3. The average Bonchev–Trinajstić information content (AvgIpc) is 3.56. The van der Waals surface area contributed by atoms with Crippen LogP contribution in [0.3, 0.4) is 0 Å². The molecule has 8 fully saturated rings. The minimum atomic E-state index is -1.13. The smallest absolute Gasteiger partial charge is 0.303 e. The van der Waals surface area contributed by atoms with Gasteiger partial charge in [0.1, 0.15) is 0 Å². The summed E-state index contributed by atoms with van der Waals surface area (Å²) in [6.45, 7) is 22.3. The minimum absolute atomic E-state index is 0. The molecule has 48 heavy (non-hydrogen) atoms. The van der Waals surface area contributed by atoms with Crippen molar-refractivity contribution in [3.8, 4) is 0 Å². The highest BCUT2D eigenvalue weighted by Gasteiger charge is 2.80. The molecule has 0 aromatic rings. The predicted molar refractivity (Wildman–Crippen MR) is 186 cm³/mol. The Morgan fingerprint density at radius 1 is 0.958 bits per heavy atom. The van der Waals surface area contributed by atoms with Crippen LogP contribution >= 0.6 is 0 Å². The molecule has 8 aliphatic rings. The summed E-state index contributed by atoms with van der Waals surface area (Å²) in [5, 5.41) is 10.9. The Morgan fingerprint density at radius 2 is 1.71 bits per heavy atom. The molecule has 5 aliphatic carbocycles. The zero-order valence-corrected chi connectivity index (χ0v) is 31.3. The Morgan fingerprint density at radius 3 is 2.42 bits per heavy atom.